The molecule has 0 aromatic carbocycles. The quantitative estimate of drug-likeness (QED) is 0.699. The van der Waals surface area contributed by atoms with Crippen LogP contribution in [0.1, 0.15) is 44.9 Å². The van der Waals surface area contributed by atoms with Crippen LogP contribution in [0, 0.1) is 0 Å². The van der Waals surface area contributed by atoms with E-state index in [0.717, 1.165) is 11.8 Å². The van der Waals surface area contributed by atoms with E-state index in [1.54, 1.807) is 0 Å². The molecule has 102 valence electrons. The zero-order valence-corrected chi connectivity index (χ0v) is 12.9. The molecule has 0 bridgehead atoms. The van der Waals surface area contributed by atoms with E-state index in [0.29, 0.717) is 5.37 Å². The first-order chi connectivity index (χ1) is 8.09. The second-order valence-corrected chi connectivity index (χ2v) is 7.27. The van der Waals surface area contributed by atoms with E-state index in [2.05, 4.69) is 49.8 Å². The Morgan fingerprint density at radius 3 is 1.94 bits per heavy atom. The lowest BCUT2D eigenvalue weighted by atomic mass is 10.0. The molecule has 0 aliphatic heterocycles. The summed E-state index contributed by atoms with van der Waals surface area (Å²) >= 11 is 2.21. The molecule has 1 unspecified atom stereocenters. The first kappa shape index (κ1) is 15.3. The first-order valence-electron chi connectivity index (χ1n) is 7.06. The zero-order chi connectivity index (χ0) is 12.7. The molecule has 1 atom stereocenters. The van der Waals surface area contributed by atoms with E-state index < -0.39 is 0 Å². The Morgan fingerprint density at radius 2 is 1.47 bits per heavy atom. The number of thioether (sulfide) groups is 1. The predicted molar refractivity (Wildman–Crippen MR) is 79.7 cm³/mol. The lowest BCUT2D eigenvalue weighted by Crippen LogP contribution is -2.36. The van der Waals surface area contributed by atoms with Crippen LogP contribution in [0.25, 0.3) is 0 Å². The minimum absolute atomic E-state index is 0.648. The molecule has 1 aliphatic rings. The second kappa shape index (κ2) is 8.39. The summed E-state index contributed by atoms with van der Waals surface area (Å²) in [5.41, 5.74) is 0. The minimum Gasteiger partial charge on any atom is -0.307 e. The Labute approximate surface area is 112 Å². The molecule has 1 fully saturated rings. The van der Waals surface area contributed by atoms with Crippen LogP contribution in [-0.4, -0.2) is 55.2 Å². The van der Waals surface area contributed by atoms with Gasteiger partial charge in [-0.2, -0.15) is 0 Å². The summed E-state index contributed by atoms with van der Waals surface area (Å²) in [4.78, 5) is 4.68. The Bertz CT molecular complexity index is 187. The number of rotatable bonds is 5. The van der Waals surface area contributed by atoms with Crippen molar-refractivity contribution in [1.82, 2.24) is 9.80 Å². The highest BCUT2D eigenvalue weighted by molar-refractivity contribution is 8.00. The van der Waals surface area contributed by atoms with E-state index in [1.165, 1.54) is 44.9 Å². The molecular formula is C14H30N2S. The van der Waals surface area contributed by atoms with Gasteiger partial charge in [-0.15, -0.1) is 11.8 Å². The Balaban J connectivity index is 2.40. The molecule has 0 heterocycles. The van der Waals surface area contributed by atoms with Gasteiger partial charge in [0.1, 0.15) is 0 Å². The van der Waals surface area contributed by atoms with Crippen LogP contribution in [0.3, 0.4) is 0 Å². The van der Waals surface area contributed by atoms with E-state index >= 15 is 0 Å². The van der Waals surface area contributed by atoms with Gasteiger partial charge in [0.2, 0.25) is 0 Å². The van der Waals surface area contributed by atoms with Crippen LogP contribution in [0.15, 0.2) is 0 Å². The summed E-state index contributed by atoms with van der Waals surface area (Å²) in [7, 11) is 8.78. The lowest BCUT2D eigenvalue weighted by molar-refractivity contribution is 0.295. The van der Waals surface area contributed by atoms with Crippen LogP contribution in [0.2, 0.25) is 0 Å². The van der Waals surface area contributed by atoms with Crippen molar-refractivity contribution in [2.75, 3.05) is 34.7 Å². The van der Waals surface area contributed by atoms with Crippen LogP contribution in [-0.2, 0) is 0 Å². The summed E-state index contributed by atoms with van der Waals surface area (Å²) in [5, 5.41) is 1.54. The van der Waals surface area contributed by atoms with Gasteiger partial charge in [-0.3, -0.25) is 4.90 Å². The molecule has 0 amide bonds. The predicted octanol–water partition coefficient (Wildman–Crippen LogP) is 3.28. The average molecular weight is 258 g/mol. The second-order valence-electron chi connectivity index (χ2n) is 5.78. The number of nitrogens with zero attached hydrogens (tertiary/aromatic N) is 2. The lowest BCUT2D eigenvalue weighted by Gasteiger charge is -2.31. The van der Waals surface area contributed by atoms with Gasteiger partial charge in [0.15, 0.2) is 0 Å². The van der Waals surface area contributed by atoms with Crippen molar-refractivity contribution < 1.29 is 0 Å². The van der Waals surface area contributed by atoms with E-state index in [1.807, 2.05) is 0 Å². The third-order valence-corrected chi connectivity index (χ3v) is 5.24. The van der Waals surface area contributed by atoms with Gasteiger partial charge in [-0.05, 0) is 41.0 Å². The molecule has 17 heavy (non-hydrogen) atoms. The van der Waals surface area contributed by atoms with Gasteiger partial charge in [0.05, 0.1) is 5.37 Å². The third-order valence-electron chi connectivity index (χ3n) is 3.50. The highest BCUT2D eigenvalue weighted by atomic mass is 32.2. The highest BCUT2D eigenvalue weighted by Gasteiger charge is 2.20. The summed E-state index contributed by atoms with van der Waals surface area (Å²) in [6.45, 7) is 1.16. The SMILES string of the molecule is CN(C)CC(SC1CCCCCCC1)N(C)C. The number of hydrogen-bond acceptors (Lipinski definition) is 3. The van der Waals surface area contributed by atoms with E-state index in [-0.39, 0.29) is 0 Å². The Hall–Kier alpha value is 0.270. The monoisotopic (exact) mass is 258 g/mol. The Morgan fingerprint density at radius 1 is 0.941 bits per heavy atom. The van der Waals surface area contributed by atoms with Gasteiger partial charge in [-0.1, -0.05) is 32.1 Å². The van der Waals surface area contributed by atoms with Gasteiger partial charge in [0, 0.05) is 11.8 Å². The molecule has 0 aromatic heterocycles. The van der Waals surface area contributed by atoms with Crippen molar-refractivity contribution in [2.45, 2.75) is 55.6 Å². The standard InChI is InChI=1S/C14H30N2S/c1-15(2)12-14(16(3)4)17-13-10-8-6-5-7-9-11-13/h13-14H,5-12H2,1-4H3. The maximum atomic E-state index is 2.38. The smallest absolute Gasteiger partial charge is 0.0683 e. The van der Waals surface area contributed by atoms with Crippen LogP contribution < -0.4 is 0 Å². The summed E-state index contributed by atoms with van der Waals surface area (Å²) in [6.07, 6.45) is 10.1. The van der Waals surface area contributed by atoms with Crippen molar-refractivity contribution >= 4 is 11.8 Å². The van der Waals surface area contributed by atoms with E-state index in [4.69, 9.17) is 0 Å². The summed E-state index contributed by atoms with van der Waals surface area (Å²) in [5.74, 6) is 0. The third kappa shape index (κ3) is 6.68. The van der Waals surface area contributed by atoms with Crippen molar-refractivity contribution in [3.05, 3.63) is 0 Å². The average Bonchev–Trinajstić information content (AvgIpc) is 2.19. The maximum absolute atomic E-state index is 2.38. The largest absolute Gasteiger partial charge is 0.307 e. The fourth-order valence-corrected chi connectivity index (χ4v) is 4.09. The van der Waals surface area contributed by atoms with Crippen molar-refractivity contribution in [3.8, 4) is 0 Å². The van der Waals surface area contributed by atoms with Crippen molar-refractivity contribution in [2.24, 2.45) is 0 Å². The fraction of sp³-hybridized carbons (Fsp3) is 1.00. The molecule has 3 heteroatoms. The number of likely N-dealkylation sites (N-methyl/N-ethyl adjacent to an activating group) is 2. The minimum atomic E-state index is 0.648. The molecule has 1 saturated carbocycles. The van der Waals surface area contributed by atoms with Crippen LogP contribution >= 0.6 is 11.8 Å². The normalized spacial score (nSPS) is 21.5. The van der Waals surface area contributed by atoms with Crippen molar-refractivity contribution in [1.29, 1.82) is 0 Å². The van der Waals surface area contributed by atoms with Crippen LogP contribution in [0.5, 0.6) is 0 Å². The molecule has 1 rings (SSSR count). The summed E-state index contributed by atoms with van der Waals surface area (Å²) < 4.78 is 0. The van der Waals surface area contributed by atoms with Crippen molar-refractivity contribution in [3.63, 3.8) is 0 Å². The molecule has 0 radical (unpaired) electrons. The molecule has 0 aromatic rings. The summed E-state index contributed by atoms with van der Waals surface area (Å²) in [6, 6.07) is 0. The fourth-order valence-electron chi connectivity index (χ4n) is 2.42. The van der Waals surface area contributed by atoms with E-state index in [9.17, 15) is 0 Å². The molecule has 0 saturated heterocycles. The van der Waals surface area contributed by atoms with Crippen LogP contribution in [0.4, 0.5) is 0 Å². The first-order valence-corrected chi connectivity index (χ1v) is 8.00. The number of hydrogen-bond donors (Lipinski definition) is 0. The van der Waals surface area contributed by atoms with Gasteiger partial charge in [-0.25, -0.2) is 0 Å². The molecule has 2 nitrogen and oxygen atoms in total. The molecule has 0 spiro atoms. The maximum Gasteiger partial charge on any atom is 0.0683 e. The highest BCUT2D eigenvalue weighted by Crippen LogP contribution is 2.30. The molecule has 0 N–H and O–H groups in total. The van der Waals surface area contributed by atoms with Gasteiger partial charge >= 0.3 is 0 Å². The molecular weight excluding hydrogens is 228 g/mol. The molecule has 1 aliphatic carbocycles. The van der Waals surface area contributed by atoms with Gasteiger partial charge in [0.25, 0.3) is 0 Å². The zero-order valence-electron chi connectivity index (χ0n) is 12.1. The van der Waals surface area contributed by atoms with Gasteiger partial charge < -0.3 is 4.90 Å². The Kier molecular flexibility index (Phi) is 7.56. The topological polar surface area (TPSA) is 6.48 Å².